The minimum absolute atomic E-state index is 0. The summed E-state index contributed by atoms with van der Waals surface area (Å²) in [6.07, 6.45) is 4.08. The Morgan fingerprint density at radius 2 is 1.00 bits per heavy atom. The lowest BCUT2D eigenvalue weighted by atomic mass is 10.3. The van der Waals surface area contributed by atoms with E-state index >= 15 is 0 Å². The van der Waals surface area contributed by atoms with Gasteiger partial charge >= 0.3 is 0 Å². The first-order valence-electron chi connectivity index (χ1n) is 2.41. The average Bonchev–Trinajstić information content (AvgIpc) is 1.41. The average molecular weight is 182 g/mol. The van der Waals surface area contributed by atoms with Gasteiger partial charge in [-0.25, -0.2) is 0 Å². The largest absolute Gasteiger partial charge is 0.147 e. The van der Waals surface area contributed by atoms with Crippen LogP contribution < -0.4 is 0 Å². The van der Waals surface area contributed by atoms with Gasteiger partial charge in [0.05, 0.1) is 0 Å². The molecule has 0 nitrogen and oxygen atoms in total. The Labute approximate surface area is 70.7 Å². The maximum Gasteiger partial charge on any atom is -0.0538 e. The van der Waals surface area contributed by atoms with Gasteiger partial charge in [-0.1, -0.05) is 33.1 Å². The lowest BCUT2D eigenvalue weighted by Crippen LogP contribution is -1.59. The second kappa shape index (κ2) is 24.8. The summed E-state index contributed by atoms with van der Waals surface area (Å²) in [6, 6.07) is 0. The minimum Gasteiger partial charge on any atom is -0.147 e. The molecular weight excluding hydrogens is 166 g/mol. The fourth-order valence-electron chi connectivity index (χ4n) is 0.354. The molecule has 0 aliphatic heterocycles. The molecule has 0 aliphatic carbocycles. The van der Waals surface area contributed by atoms with Crippen molar-refractivity contribution in [2.75, 3.05) is 0 Å². The standard InChI is InChI=1S/C5H12.3ClH/c1-3-5-4-2;;;/h3-5H2,1-2H3;3*1H. The summed E-state index contributed by atoms with van der Waals surface area (Å²) in [5, 5.41) is 0. The Balaban J connectivity index is -0.0000000267. The topological polar surface area (TPSA) is 0 Å². The molecule has 0 bridgehead atoms. The molecule has 0 unspecified atom stereocenters. The van der Waals surface area contributed by atoms with Crippen LogP contribution in [-0.2, 0) is 0 Å². The molecule has 0 aromatic rings. The Kier molecular flexibility index (Phi) is 71.8. The summed E-state index contributed by atoms with van der Waals surface area (Å²) in [5.74, 6) is 0. The predicted molar refractivity (Wildman–Crippen MR) is 46.9 cm³/mol. The van der Waals surface area contributed by atoms with Gasteiger partial charge in [0.25, 0.3) is 0 Å². The van der Waals surface area contributed by atoms with Crippen LogP contribution in [0, 0.1) is 0 Å². The zero-order valence-corrected chi connectivity index (χ0v) is 7.80. The third-order valence-corrected chi connectivity index (χ3v) is 0.707. The molecule has 0 N–H and O–H groups in total. The SMILES string of the molecule is CCCCC.Cl.Cl.Cl. The maximum absolute atomic E-state index is 2.21. The molecule has 3 heteroatoms. The maximum atomic E-state index is 2.21. The molecule has 0 amide bonds. The van der Waals surface area contributed by atoms with Crippen molar-refractivity contribution in [3.63, 3.8) is 0 Å². The van der Waals surface area contributed by atoms with E-state index in [0.717, 1.165) is 0 Å². The van der Waals surface area contributed by atoms with Crippen molar-refractivity contribution in [1.29, 1.82) is 0 Å². The van der Waals surface area contributed by atoms with E-state index in [2.05, 4.69) is 13.8 Å². The van der Waals surface area contributed by atoms with E-state index in [1.165, 1.54) is 19.3 Å². The van der Waals surface area contributed by atoms with E-state index in [1.54, 1.807) is 0 Å². The van der Waals surface area contributed by atoms with Gasteiger partial charge in [0, 0.05) is 0 Å². The number of hydrogen-bond acceptors (Lipinski definition) is 0. The summed E-state index contributed by atoms with van der Waals surface area (Å²) in [7, 11) is 0. The molecule has 8 heavy (non-hydrogen) atoms. The van der Waals surface area contributed by atoms with E-state index in [9.17, 15) is 0 Å². The summed E-state index contributed by atoms with van der Waals surface area (Å²) in [6.45, 7) is 4.42. The van der Waals surface area contributed by atoms with Crippen molar-refractivity contribution >= 4 is 37.2 Å². The highest BCUT2D eigenvalue weighted by Gasteiger charge is 1.68. The van der Waals surface area contributed by atoms with E-state index < -0.39 is 0 Å². The van der Waals surface area contributed by atoms with Crippen molar-refractivity contribution < 1.29 is 0 Å². The van der Waals surface area contributed by atoms with Crippen LogP contribution in [0.5, 0.6) is 0 Å². The summed E-state index contributed by atoms with van der Waals surface area (Å²) in [5.41, 5.74) is 0. The highest BCUT2D eigenvalue weighted by molar-refractivity contribution is 5.86. The van der Waals surface area contributed by atoms with Gasteiger partial charge < -0.3 is 0 Å². The second-order valence-electron chi connectivity index (χ2n) is 1.35. The Bertz CT molecular complexity index is 15.1. The predicted octanol–water partition coefficient (Wildman–Crippen LogP) is 3.46. The van der Waals surface area contributed by atoms with Crippen LogP contribution in [0.4, 0.5) is 0 Å². The molecule has 0 saturated heterocycles. The number of unbranched alkanes of at least 4 members (excludes halogenated alkanes) is 2. The van der Waals surface area contributed by atoms with Crippen LogP contribution in [0.3, 0.4) is 0 Å². The summed E-state index contributed by atoms with van der Waals surface area (Å²) >= 11 is 0. The van der Waals surface area contributed by atoms with Gasteiger partial charge in [-0.3, -0.25) is 0 Å². The van der Waals surface area contributed by atoms with Crippen molar-refractivity contribution in [2.24, 2.45) is 0 Å². The summed E-state index contributed by atoms with van der Waals surface area (Å²) < 4.78 is 0. The Morgan fingerprint density at radius 1 is 0.750 bits per heavy atom. The first-order valence-corrected chi connectivity index (χ1v) is 2.41. The molecule has 0 saturated carbocycles. The molecule has 0 rings (SSSR count). The van der Waals surface area contributed by atoms with Crippen LogP contribution in [0.2, 0.25) is 0 Å². The fraction of sp³-hybridized carbons (Fsp3) is 1.00. The third kappa shape index (κ3) is 28.7. The Morgan fingerprint density at radius 3 is 1.00 bits per heavy atom. The molecular formula is C5H15Cl3. The van der Waals surface area contributed by atoms with Gasteiger partial charge in [-0.05, 0) is 0 Å². The highest BCUT2D eigenvalue weighted by atomic mass is 35.5. The van der Waals surface area contributed by atoms with Gasteiger partial charge in [0.1, 0.15) is 0 Å². The molecule has 56 valence electrons. The number of rotatable bonds is 2. The van der Waals surface area contributed by atoms with E-state index in [-0.39, 0.29) is 37.2 Å². The first-order chi connectivity index (χ1) is 2.41. The van der Waals surface area contributed by atoms with E-state index in [1.807, 2.05) is 0 Å². The monoisotopic (exact) mass is 180 g/mol. The zero-order valence-electron chi connectivity index (χ0n) is 5.35. The lowest BCUT2D eigenvalue weighted by Gasteiger charge is -1.79. The molecule has 0 aromatic carbocycles. The van der Waals surface area contributed by atoms with Crippen LogP contribution in [0.1, 0.15) is 33.1 Å². The van der Waals surface area contributed by atoms with Crippen LogP contribution in [0.15, 0.2) is 0 Å². The van der Waals surface area contributed by atoms with Gasteiger partial charge in [0.15, 0.2) is 0 Å². The van der Waals surface area contributed by atoms with Crippen molar-refractivity contribution in [3.8, 4) is 0 Å². The number of hydrogen-bond donors (Lipinski definition) is 0. The Hall–Kier alpha value is 0.870. The van der Waals surface area contributed by atoms with Gasteiger partial charge in [-0.15, -0.1) is 37.2 Å². The molecule has 0 aliphatic rings. The number of halogens is 3. The quantitative estimate of drug-likeness (QED) is 0.612. The van der Waals surface area contributed by atoms with E-state index in [4.69, 9.17) is 0 Å². The molecule has 0 radical (unpaired) electrons. The molecule has 0 fully saturated rings. The third-order valence-electron chi connectivity index (χ3n) is 0.707. The smallest absolute Gasteiger partial charge is 0.0538 e. The van der Waals surface area contributed by atoms with Gasteiger partial charge in [-0.2, -0.15) is 0 Å². The second-order valence-corrected chi connectivity index (χ2v) is 1.35. The molecule has 0 atom stereocenters. The lowest BCUT2D eigenvalue weighted by molar-refractivity contribution is 0.772. The summed E-state index contributed by atoms with van der Waals surface area (Å²) in [4.78, 5) is 0. The van der Waals surface area contributed by atoms with Gasteiger partial charge in [0.2, 0.25) is 0 Å². The highest BCUT2D eigenvalue weighted by Crippen LogP contribution is 1.88. The molecule has 0 heterocycles. The van der Waals surface area contributed by atoms with E-state index in [0.29, 0.717) is 0 Å². The molecule has 0 spiro atoms. The minimum atomic E-state index is 0. The van der Waals surface area contributed by atoms with Crippen LogP contribution in [0.25, 0.3) is 0 Å². The normalized spacial score (nSPS) is 5.25. The van der Waals surface area contributed by atoms with Crippen molar-refractivity contribution in [2.45, 2.75) is 33.1 Å². The van der Waals surface area contributed by atoms with Crippen LogP contribution in [-0.4, -0.2) is 0 Å². The van der Waals surface area contributed by atoms with Crippen LogP contribution >= 0.6 is 37.2 Å². The zero-order chi connectivity index (χ0) is 4.12. The first kappa shape index (κ1) is 23.2. The van der Waals surface area contributed by atoms with Crippen molar-refractivity contribution in [1.82, 2.24) is 0 Å². The fourth-order valence-corrected chi connectivity index (χ4v) is 0.354. The van der Waals surface area contributed by atoms with Crippen molar-refractivity contribution in [3.05, 3.63) is 0 Å². The molecule has 0 aromatic heterocycles.